The summed E-state index contributed by atoms with van der Waals surface area (Å²) in [5.74, 6) is -0.830. The zero-order valence-electron chi connectivity index (χ0n) is 20.8. The average Bonchev–Trinajstić information content (AvgIpc) is 2.85. The van der Waals surface area contributed by atoms with E-state index in [1.165, 1.54) is 17.0 Å². The molecular formula is C27H29Br2N3O4S. The fourth-order valence-electron chi connectivity index (χ4n) is 3.70. The van der Waals surface area contributed by atoms with Gasteiger partial charge in [-0.1, -0.05) is 68.3 Å². The maximum atomic E-state index is 13.8. The van der Waals surface area contributed by atoms with E-state index >= 15 is 0 Å². The summed E-state index contributed by atoms with van der Waals surface area (Å²) in [5, 5.41) is 2.84. The van der Waals surface area contributed by atoms with Crippen molar-refractivity contribution in [1.29, 1.82) is 0 Å². The number of hydrogen-bond acceptors (Lipinski definition) is 4. The van der Waals surface area contributed by atoms with Crippen molar-refractivity contribution < 1.29 is 18.0 Å². The summed E-state index contributed by atoms with van der Waals surface area (Å²) in [6, 6.07) is 21.2. The Bertz CT molecular complexity index is 1350. The second kappa shape index (κ2) is 12.7. The van der Waals surface area contributed by atoms with Gasteiger partial charge in [-0.25, -0.2) is 8.42 Å². The number of amides is 2. The van der Waals surface area contributed by atoms with Crippen LogP contribution in [0, 0.1) is 0 Å². The molecule has 0 aliphatic rings. The third-order valence-electron chi connectivity index (χ3n) is 5.55. The fraction of sp³-hybridized carbons (Fsp3) is 0.259. The first kappa shape index (κ1) is 28.9. The largest absolute Gasteiger partial charge is 0.352 e. The summed E-state index contributed by atoms with van der Waals surface area (Å²) in [4.78, 5) is 28.2. The first-order valence-electron chi connectivity index (χ1n) is 11.7. The molecule has 0 bridgehead atoms. The van der Waals surface area contributed by atoms with Crippen LogP contribution in [0.4, 0.5) is 5.69 Å². The molecule has 196 valence electrons. The Morgan fingerprint density at radius 3 is 2.08 bits per heavy atom. The highest BCUT2D eigenvalue weighted by Gasteiger charge is 2.32. The van der Waals surface area contributed by atoms with E-state index in [1.54, 1.807) is 49.4 Å². The van der Waals surface area contributed by atoms with Crippen LogP contribution in [-0.2, 0) is 26.2 Å². The van der Waals surface area contributed by atoms with Crippen LogP contribution in [0.15, 0.2) is 92.7 Å². The Morgan fingerprint density at radius 2 is 1.49 bits per heavy atom. The Morgan fingerprint density at radius 1 is 0.865 bits per heavy atom. The summed E-state index contributed by atoms with van der Waals surface area (Å²) >= 11 is 6.83. The van der Waals surface area contributed by atoms with Crippen LogP contribution in [0.2, 0.25) is 0 Å². The second-order valence-electron chi connectivity index (χ2n) is 8.80. The molecule has 0 aliphatic heterocycles. The minimum atomic E-state index is -4.09. The van der Waals surface area contributed by atoms with Gasteiger partial charge in [-0.2, -0.15) is 0 Å². The van der Waals surface area contributed by atoms with Crippen molar-refractivity contribution in [3.8, 4) is 0 Å². The molecule has 3 rings (SSSR count). The quantitative estimate of drug-likeness (QED) is 0.321. The van der Waals surface area contributed by atoms with E-state index < -0.39 is 28.5 Å². The van der Waals surface area contributed by atoms with Crippen LogP contribution < -0.4 is 9.62 Å². The van der Waals surface area contributed by atoms with Gasteiger partial charge in [-0.05, 0) is 68.8 Å². The maximum absolute atomic E-state index is 13.8. The van der Waals surface area contributed by atoms with Gasteiger partial charge in [0, 0.05) is 21.5 Å². The number of benzene rings is 3. The SMILES string of the molecule is CC(C)NC(=O)[C@H](C)N(Cc1cccc(Br)c1)C(=O)CN(c1cccc(Br)c1)S(=O)(=O)c1ccccc1. The van der Waals surface area contributed by atoms with Crippen molar-refractivity contribution in [1.82, 2.24) is 10.2 Å². The highest BCUT2D eigenvalue weighted by Crippen LogP contribution is 2.27. The number of hydrogen-bond donors (Lipinski definition) is 1. The lowest BCUT2D eigenvalue weighted by Gasteiger charge is -2.32. The van der Waals surface area contributed by atoms with Gasteiger partial charge >= 0.3 is 0 Å². The Labute approximate surface area is 235 Å². The first-order valence-corrected chi connectivity index (χ1v) is 14.7. The standard InChI is InChI=1S/C27H29Br2N3O4S/c1-19(2)30-27(34)20(3)31(17-21-9-7-10-22(28)15-21)26(33)18-32(24-12-8-11-23(29)16-24)37(35,36)25-13-5-4-6-14-25/h4-16,19-20H,17-18H2,1-3H3,(H,30,34)/t20-/m0/s1. The van der Waals surface area contributed by atoms with E-state index in [1.807, 2.05) is 38.1 Å². The van der Waals surface area contributed by atoms with Crippen LogP contribution in [0.25, 0.3) is 0 Å². The molecule has 0 saturated carbocycles. The Kier molecular flexibility index (Phi) is 9.92. The van der Waals surface area contributed by atoms with Crippen molar-refractivity contribution in [3.63, 3.8) is 0 Å². The normalized spacial score (nSPS) is 12.2. The van der Waals surface area contributed by atoms with E-state index in [0.717, 1.165) is 14.3 Å². The van der Waals surface area contributed by atoms with Crippen molar-refractivity contribution in [2.24, 2.45) is 0 Å². The third-order valence-corrected chi connectivity index (χ3v) is 8.32. The van der Waals surface area contributed by atoms with Crippen LogP contribution in [0.1, 0.15) is 26.3 Å². The van der Waals surface area contributed by atoms with Crippen LogP contribution in [0.3, 0.4) is 0 Å². The first-order chi connectivity index (χ1) is 17.5. The van der Waals surface area contributed by atoms with Gasteiger partial charge in [0.25, 0.3) is 10.0 Å². The topological polar surface area (TPSA) is 86.8 Å². The van der Waals surface area contributed by atoms with Crippen LogP contribution >= 0.6 is 31.9 Å². The van der Waals surface area contributed by atoms with Crippen molar-refractivity contribution in [3.05, 3.63) is 93.4 Å². The van der Waals surface area contributed by atoms with E-state index in [4.69, 9.17) is 0 Å². The monoisotopic (exact) mass is 649 g/mol. The van der Waals surface area contributed by atoms with Gasteiger partial charge in [0.2, 0.25) is 11.8 Å². The van der Waals surface area contributed by atoms with Crippen LogP contribution in [-0.4, -0.2) is 43.8 Å². The highest BCUT2D eigenvalue weighted by atomic mass is 79.9. The van der Waals surface area contributed by atoms with Crippen molar-refractivity contribution in [2.45, 2.75) is 44.3 Å². The van der Waals surface area contributed by atoms with Gasteiger partial charge in [-0.15, -0.1) is 0 Å². The zero-order valence-corrected chi connectivity index (χ0v) is 24.8. The molecule has 2 amide bonds. The third kappa shape index (κ3) is 7.66. The molecule has 10 heteroatoms. The number of nitrogens with zero attached hydrogens (tertiary/aromatic N) is 2. The highest BCUT2D eigenvalue weighted by molar-refractivity contribution is 9.10. The van der Waals surface area contributed by atoms with Gasteiger partial charge in [0.05, 0.1) is 10.6 Å². The van der Waals surface area contributed by atoms with E-state index in [0.29, 0.717) is 10.2 Å². The summed E-state index contributed by atoms with van der Waals surface area (Å²) in [7, 11) is -4.09. The summed E-state index contributed by atoms with van der Waals surface area (Å²) in [6.45, 7) is 4.96. The van der Waals surface area contributed by atoms with Gasteiger partial charge in [-0.3, -0.25) is 13.9 Å². The molecule has 7 nitrogen and oxygen atoms in total. The minimum Gasteiger partial charge on any atom is -0.352 e. The Hall–Kier alpha value is -2.69. The van der Waals surface area contributed by atoms with Crippen molar-refractivity contribution in [2.75, 3.05) is 10.8 Å². The van der Waals surface area contributed by atoms with Crippen LogP contribution in [0.5, 0.6) is 0 Å². The number of carbonyl (C=O) groups excluding carboxylic acids is 2. The molecule has 3 aromatic rings. The van der Waals surface area contributed by atoms with Crippen molar-refractivity contribution >= 4 is 59.4 Å². The number of sulfonamides is 1. The number of anilines is 1. The molecule has 0 fully saturated rings. The van der Waals surface area contributed by atoms with E-state index in [-0.39, 0.29) is 23.4 Å². The molecule has 0 saturated heterocycles. The molecule has 0 spiro atoms. The molecule has 37 heavy (non-hydrogen) atoms. The minimum absolute atomic E-state index is 0.0620. The maximum Gasteiger partial charge on any atom is 0.264 e. The molecule has 3 aromatic carbocycles. The molecule has 1 N–H and O–H groups in total. The molecule has 0 unspecified atom stereocenters. The lowest BCUT2D eigenvalue weighted by molar-refractivity contribution is -0.139. The molecule has 0 aromatic heterocycles. The second-order valence-corrected chi connectivity index (χ2v) is 12.5. The molecule has 0 radical (unpaired) electrons. The smallest absolute Gasteiger partial charge is 0.264 e. The van der Waals surface area contributed by atoms with Gasteiger partial charge < -0.3 is 10.2 Å². The predicted molar refractivity (Wildman–Crippen MR) is 153 cm³/mol. The van der Waals surface area contributed by atoms with Gasteiger partial charge in [0.1, 0.15) is 12.6 Å². The number of carbonyl (C=O) groups is 2. The predicted octanol–water partition coefficient (Wildman–Crippen LogP) is 5.35. The number of rotatable bonds is 10. The summed E-state index contributed by atoms with van der Waals surface area (Å²) in [6.07, 6.45) is 0. The molecule has 0 aliphatic carbocycles. The fourth-order valence-corrected chi connectivity index (χ4v) is 5.96. The van der Waals surface area contributed by atoms with Gasteiger partial charge in [0.15, 0.2) is 0 Å². The molecule has 0 heterocycles. The average molecular weight is 651 g/mol. The van der Waals surface area contributed by atoms with E-state index in [2.05, 4.69) is 37.2 Å². The summed E-state index contributed by atoms with van der Waals surface area (Å²) < 4.78 is 30.0. The number of nitrogens with one attached hydrogen (secondary N) is 1. The molecular weight excluding hydrogens is 622 g/mol. The number of halogens is 2. The zero-order chi connectivity index (χ0) is 27.2. The lowest BCUT2D eigenvalue weighted by atomic mass is 10.1. The Balaban J connectivity index is 2.02. The summed E-state index contributed by atoms with van der Waals surface area (Å²) in [5.41, 5.74) is 1.13. The van der Waals surface area contributed by atoms with E-state index in [9.17, 15) is 18.0 Å². The lowest BCUT2D eigenvalue weighted by Crippen LogP contribution is -2.52. The molecule has 1 atom stereocenters.